The Kier molecular flexibility index (Phi) is 6.15. The van der Waals surface area contributed by atoms with E-state index in [0.717, 1.165) is 82.3 Å². The van der Waals surface area contributed by atoms with E-state index in [-0.39, 0.29) is 11.8 Å². The molecule has 5 rings (SSSR count). The molecule has 0 bridgehead atoms. The predicted octanol–water partition coefficient (Wildman–Crippen LogP) is 3.57. The summed E-state index contributed by atoms with van der Waals surface area (Å²) in [6, 6.07) is 2.87. The number of thiophene rings is 1. The van der Waals surface area contributed by atoms with Crippen molar-refractivity contribution in [3.05, 3.63) is 21.4 Å². The van der Waals surface area contributed by atoms with E-state index in [1.165, 1.54) is 42.5 Å². The number of rotatable bonds is 3. The van der Waals surface area contributed by atoms with Crippen molar-refractivity contribution in [2.45, 2.75) is 70.3 Å². The zero-order valence-corrected chi connectivity index (χ0v) is 18.9. The van der Waals surface area contributed by atoms with Gasteiger partial charge >= 0.3 is 0 Å². The molecule has 0 aromatic carbocycles. The molecule has 2 aliphatic carbocycles. The van der Waals surface area contributed by atoms with Crippen LogP contribution in [0.2, 0.25) is 0 Å². The number of likely N-dealkylation sites (tertiary alicyclic amines) is 1. The van der Waals surface area contributed by atoms with Crippen LogP contribution in [-0.4, -0.2) is 71.8 Å². The summed E-state index contributed by atoms with van der Waals surface area (Å²) in [5.41, 5.74) is 1.26. The first-order chi connectivity index (χ1) is 14.7. The number of aryl methyl sites for hydroxylation is 1. The van der Waals surface area contributed by atoms with Gasteiger partial charge in [0, 0.05) is 56.1 Å². The van der Waals surface area contributed by atoms with E-state index in [9.17, 15) is 9.59 Å². The van der Waals surface area contributed by atoms with Crippen LogP contribution in [0.5, 0.6) is 0 Å². The highest BCUT2D eigenvalue weighted by molar-refractivity contribution is 7.14. The minimum absolute atomic E-state index is 0.100. The highest BCUT2D eigenvalue weighted by Crippen LogP contribution is 2.34. The van der Waals surface area contributed by atoms with Crippen molar-refractivity contribution in [1.29, 1.82) is 0 Å². The first-order valence-corrected chi connectivity index (χ1v) is 12.9. The summed E-state index contributed by atoms with van der Waals surface area (Å²) in [4.78, 5) is 35.1. The fourth-order valence-corrected chi connectivity index (χ4v) is 7.10. The third-order valence-electron chi connectivity index (χ3n) is 7.75. The molecule has 1 atom stereocenters. The van der Waals surface area contributed by atoms with Crippen molar-refractivity contribution in [3.63, 3.8) is 0 Å². The molecule has 1 aromatic rings. The third kappa shape index (κ3) is 4.18. The van der Waals surface area contributed by atoms with Crippen molar-refractivity contribution >= 4 is 23.2 Å². The molecular formula is C24H35N3O2S. The second-order valence-corrected chi connectivity index (χ2v) is 10.8. The molecule has 164 valence electrons. The molecule has 30 heavy (non-hydrogen) atoms. The summed E-state index contributed by atoms with van der Waals surface area (Å²) in [6.07, 6.45) is 11.6. The molecule has 6 heteroatoms. The molecule has 1 unspecified atom stereocenters. The maximum absolute atomic E-state index is 13.2. The lowest BCUT2D eigenvalue weighted by Crippen LogP contribution is -2.53. The second kappa shape index (κ2) is 8.99. The van der Waals surface area contributed by atoms with Crippen molar-refractivity contribution < 1.29 is 9.59 Å². The normalized spacial score (nSPS) is 26.1. The van der Waals surface area contributed by atoms with Crippen LogP contribution in [0, 0.1) is 5.92 Å². The number of carbonyl (C=O) groups is 2. The summed E-state index contributed by atoms with van der Waals surface area (Å²) in [6.45, 7) is 5.66. The van der Waals surface area contributed by atoms with E-state index in [1.807, 2.05) is 4.90 Å². The molecule has 1 aromatic heterocycles. The van der Waals surface area contributed by atoms with Gasteiger partial charge in [-0.1, -0.05) is 12.8 Å². The average Bonchev–Trinajstić information content (AvgIpc) is 3.48. The van der Waals surface area contributed by atoms with Gasteiger partial charge in [-0.05, 0) is 63.0 Å². The van der Waals surface area contributed by atoms with Gasteiger partial charge in [-0.15, -0.1) is 11.3 Å². The average molecular weight is 430 g/mol. The molecule has 0 spiro atoms. The van der Waals surface area contributed by atoms with Crippen molar-refractivity contribution in [2.75, 3.05) is 39.3 Å². The topological polar surface area (TPSA) is 43.9 Å². The van der Waals surface area contributed by atoms with E-state index in [2.05, 4.69) is 15.9 Å². The lowest BCUT2D eigenvalue weighted by molar-refractivity contribution is -0.138. The second-order valence-electron chi connectivity index (χ2n) is 9.65. The largest absolute Gasteiger partial charge is 0.340 e. The highest BCUT2D eigenvalue weighted by Gasteiger charge is 2.33. The summed E-state index contributed by atoms with van der Waals surface area (Å²) in [5, 5.41) is 0. The van der Waals surface area contributed by atoms with Crippen LogP contribution in [0.25, 0.3) is 0 Å². The lowest BCUT2D eigenvalue weighted by Gasteiger charge is -2.39. The minimum Gasteiger partial charge on any atom is -0.340 e. The molecule has 0 N–H and O–H groups in total. The van der Waals surface area contributed by atoms with Gasteiger partial charge in [0.1, 0.15) is 0 Å². The van der Waals surface area contributed by atoms with Gasteiger partial charge in [0.2, 0.25) is 5.91 Å². The van der Waals surface area contributed by atoms with Crippen molar-refractivity contribution in [3.8, 4) is 0 Å². The first kappa shape index (κ1) is 20.5. The Bertz CT molecular complexity index is 771. The maximum Gasteiger partial charge on any atom is 0.263 e. The summed E-state index contributed by atoms with van der Waals surface area (Å²) >= 11 is 1.68. The Balaban J connectivity index is 1.18. The molecule has 5 nitrogen and oxygen atoms in total. The van der Waals surface area contributed by atoms with Crippen LogP contribution in [0.1, 0.15) is 71.5 Å². The van der Waals surface area contributed by atoms with Gasteiger partial charge in [0.25, 0.3) is 5.91 Å². The van der Waals surface area contributed by atoms with E-state index >= 15 is 0 Å². The van der Waals surface area contributed by atoms with Crippen LogP contribution in [0.3, 0.4) is 0 Å². The van der Waals surface area contributed by atoms with Crippen molar-refractivity contribution in [2.24, 2.45) is 5.92 Å². The van der Waals surface area contributed by atoms with Gasteiger partial charge in [0.05, 0.1) is 4.88 Å². The fraction of sp³-hybridized carbons (Fsp3) is 0.750. The molecule has 1 saturated carbocycles. The monoisotopic (exact) mass is 429 g/mol. The van der Waals surface area contributed by atoms with E-state index in [0.29, 0.717) is 5.91 Å². The third-order valence-corrected chi connectivity index (χ3v) is 8.98. The SMILES string of the molecule is O=C(c1cc2c(s1)CCC(C(=O)N1CCN(C3CCCC3)CC1)C2)N1CCCCC1. The Morgan fingerprint density at radius 1 is 0.833 bits per heavy atom. The zero-order chi connectivity index (χ0) is 20.5. The van der Waals surface area contributed by atoms with Crippen LogP contribution in [0.4, 0.5) is 0 Å². The molecule has 2 aliphatic heterocycles. The van der Waals surface area contributed by atoms with Crippen LogP contribution >= 0.6 is 11.3 Å². The Morgan fingerprint density at radius 2 is 1.57 bits per heavy atom. The van der Waals surface area contributed by atoms with E-state index in [1.54, 1.807) is 11.3 Å². The maximum atomic E-state index is 13.2. The smallest absolute Gasteiger partial charge is 0.263 e. The van der Waals surface area contributed by atoms with Gasteiger partial charge in [-0.2, -0.15) is 0 Å². The quantitative estimate of drug-likeness (QED) is 0.738. The first-order valence-electron chi connectivity index (χ1n) is 12.1. The highest BCUT2D eigenvalue weighted by atomic mass is 32.1. The molecule has 3 heterocycles. The number of carbonyl (C=O) groups excluding carboxylic acids is 2. The number of hydrogen-bond acceptors (Lipinski definition) is 4. The molecular weight excluding hydrogens is 394 g/mol. The van der Waals surface area contributed by atoms with E-state index < -0.39 is 0 Å². The Hall–Kier alpha value is -1.40. The Morgan fingerprint density at radius 3 is 2.30 bits per heavy atom. The zero-order valence-electron chi connectivity index (χ0n) is 18.1. The molecule has 4 aliphatic rings. The molecule has 2 amide bonds. The molecule has 3 fully saturated rings. The summed E-state index contributed by atoms with van der Waals surface area (Å²) < 4.78 is 0. The number of piperazine rings is 1. The van der Waals surface area contributed by atoms with Gasteiger partial charge in [-0.3, -0.25) is 14.5 Å². The van der Waals surface area contributed by atoms with Crippen LogP contribution < -0.4 is 0 Å². The van der Waals surface area contributed by atoms with Crippen LogP contribution in [0.15, 0.2) is 6.07 Å². The number of piperidine rings is 1. The van der Waals surface area contributed by atoms with Gasteiger partial charge < -0.3 is 9.80 Å². The number of nitrogens with zero attached hydrogens (tertiary/aromatic N) is 3. The summed E-state index contributed by atoms with van der Waals surface area (Å²) in [7, 11) is 0. The van der Waals surface area contributed by atoms with Crippen molar-refractivity contribution in [1.82, 2.24) is 14.7 Å². The number of hydrogen-bond donors (Lipinski definition) is 0. The minimum atomic E-state index is 0.100. The van der Waals surface area contributed by atoms with E-state index in [4.69, 9.17) is 0 Å². The van der Waals surface area contributed by atoms with Crippen LogP contribution in [-0.2, 0) is 17.6 Å². The molecule has 2 saturated heterocycles. The predicted molar refractivity (Wildman–Crippen MR) is 120 cm³/mol. The lowest BCUT2D eigenvalue weighted by atomic mass is 9.87. The number of fused-ring (bicyclic) bond motifs is 1. The standard InChI is InChI=1S/C24H35N3O2S/c28-23(27-14-12-25(13-15-27)20-6-2-3-7-20)18-8-9-21-19(16-18)17-22(30-21)24(29)26-10-4-1-5-11-26/h17-18,20H,1-16H2. The Labute approximate surface area is 184 Å². The molecule has 0 radical (unpaired) electrons. The van der Waals surface area contributed by atoms with Gasteiger partial charge in [0.15, 0.2) is 0 Å². The van der Waals surface area contributed by atoms with Gasteiger partial charge in [-0.25, -0.2) is 0 Å². The fourth-order valence-electron chi connectivity index (χ4n) is 5.93. The summed E-state index contributed by atoms with van der Waals surface area (Å²) in [5.74, 6) is 0.657. The number of amides is 2.